The molecule has 0 N–H and O–H groups in total. The zero-order valence-electron chi connectivity index (χ0n) is 15.2. The summed E-state index contributed by atoms with van der Waals surface area (Å²) in [6.07, 6.45) is 4.08. The third kappa shape index (κ3) is 4.75. The molecule has 0 aromatic heterocycles. The predicted octanol–water partition coefficient (Wildman–Crippen LogP) is 4.19. The van der Waals surface area contributed by atoms with Crippen molar-refractivity contribution in [3.8, 4) is 5.75 Å². The second-order valence-corrected chi connectivity index (χ2v) is 6.71. The maximum atomic E-state index is 5.96. The first-order valence-electron chi connectivity index (χ1n) is 8.27. The Labute approximate surface area is 136 Å². The first-order chi connectivity index (χ1) is 10.3. The van der Waals surface area contributed by atoms with E-state index in [0.717, 1.165) is 11.2 Å². The van der Waals surface area contributed by atoms with Crippen LogP contribution in [0.25, 0.3) is 0 Å². The van der Waals surface area contributed by atoms with E-state index < -0.39 is 0 Å². The Balaban J connectivity index is 0.000000422. The number of ether oxygens (including phenoxy) is 1. The van der Waals surface area contributed by atoms with Crippen molar-refractivity contribution in [3.63, 3.8) is 0 Å². The van der Waals surface area contributed by atoms with Gasteiger partial charge in [0.15, 0.2) is 0 Å². The molecule has 3 nitrogen and oxygen atoms in total. The van der Waals surface area contributed by atoms with Crippen molar-refractivity contribution in [3.05, 3.63) is 24.3 Å². The number of unbranched alkanes of at least 4 members (excludes halogenated alkanes) is 2. The van der Waals surface area contributed by atoms with Crippen LogP contribution in [-0.2, 0) is 9.31 Å². The van der Waals surface area contributed by atoms with Crippen molar-refractivity contribution in [2.24, 2.45) is 0 Å². The van der Waals surface area contributed by atoms with E-state index >= 15 is 0 Å². The Morgan fingerprint density at radius 1 is 0.909 bits per heavy atom. The van der Waals surface area contributed by atoms with E-state index in [1.807, 2.05) is 24.3 Å². The number of methoxy groups -OCH3 is 1. The standard InChI is InChI=1S/C13H19BO3.C5H12/c1-12(2)13(3,4)17-14(16-12)10-6-8-11(15-5)9-7-10;1-3-5-4-2/h6-9H,1-5H3;3-5H2,1-2H3. The van der Waals surface area contributed by atoms with E-state index in [1.165, 1.54) is 19.3 Å². The van der Waals surface area contributed by atoms with Crippen LogP contribution in [0.2, 0.25) is 0 Å². The molecule has 1 aliphatic rings. The summed E-state index contributed by atoms with van der Waals surface area (Å²) in [5, 5.41) is 0. The van der Waals surface area contributed by atoms with E-state index in [-0.39, 0.29) is 18.3 Å². The van der Waals surface area contributed by atoms with E-state index in [0.29, 0.717) is 0 Å². The second kappa shape index (κ2) is 8.03. The van der Waals surface area contributed by atoms with Crippen molar-refractivity contribution in [1.29, 1.82) is 0 Å². The molecule has 1 fully saturated rings. The summed E-state index contributed by atoms with van der Waals surface area (Å²) < 4.78 is 17.1. The lowest BCUT2D eigenvalue weighted by Gasteiger charge is -2.32. The molecule has 0 aliphatic carbocycles. The van der Waals surface area contributed by atoms with Crippen LogP contribution < -0.4 is 10.2 Å². The lowest BCUT2D eigenvalue weighted by atomic mass is 9.79. The molecule has 0 atom stereocenters. The van der Waals surface area contributed by atoms with Crippen LogP contribution in [0.4, 0.5) is 0 Å². The first-order valence-corrected chi connectivity index (χ1v) is 8.27. The average Bonchev–Trinajstić information content (AvgIpc) is 2.69. The van der Waals surface area contributed by atoms with Crippen molar-refractivity contribution in [1.82, 2.24) is 0 Å². The minimum atomic E-state index is -0.300. The first kappa shape index (κ1) is 19.1. The van der Waals surface area contributed by atoms with Gasteiger partial charge in [0.2, 0.25) is 0 Å². The van der Waals surface area contributed by atoms with Crippen LogP contribution in [0.1, 0.15) is 60.8 Å². The minimum absolute atomic E-state index is 0.294. The fraction of sp³-hybridized carbons (Fsp3) is 0.667. The smallest absolute Gasteiger partial charge is 0.494 e. The molecule has 0 saturated carbocycles. The lowest BCUT2D eigenvalue weighted by molar-refractivity contribution is 0.00578. The van der Waals surface area contributed by atoms with Crippen LogP contribution in [-0.4, -0.2) is 25.4 Å². The Kier molecular flexibility index (Phi) is 6.95. The molecular weight excluding hydrogens is 275 g/mol. The topological polar surface area (TPSA) is 27.7 Å². The Morgan fingerprint density at radius 3 is 1.68 bits per heavy atom. The third-order valence-corrected chi connectivity index (χ3v) is 4.35. The summed E-state index contributed by atoms with van der Waals surface area (Å²) in [6.45, 7) is 12.6. The van der Waals surface area contributed by atoms with Gasteiger partial charge in [-0.3, -0.25) is 0 Å². The quantitative estimate of drug-likeness (QED) is 0.781. The van der Waals surface area contributed by atoms with Gasteiger partial charge in [-0.2, -0.15) is 0 Å². The molecule has 4 heteroatoms. The van der Waals surface area contributed by atoms with Crippen LogP contribution >= 0.6 is 0 Å². The molecule has 0 bridgehead atoms. The fourth-order valence-corrected chi connectivity index (χ4v) is 2.09. The molecule has 1 aromatic rings. The van der Waals surface area contributed by atoms with Gasteiger partial charge in [-0.25, -0.2) is 0 Å². The summed E-state index contributed by atoms with van der Waals surface area (Å²) in [6, 6.07) is 7.78. The van der Waals surface area contributed by atoms with Crippen LogP contribution in [0, 0.1) is 0 Å². The molecule has 1 saturated heterocycles. The maximum absolute atomic E-state index is 5.96. The SMILES string of the molecule is CCCCC.COc1ccc(B2OC(C)(C)C(C)(C)O2)cc1. The molecule has 0 unspecified atom stereocenters. The van der Waals surface area contributed by atoms with E-state index in [4.69, 9.17) is 14.0 Å². The molecule has 2 rings (SSSR count). The molecule has 0 spiro atoms. The molecular formula is C18H31BO3. The van der Waals surface area contributed by atoms with Gasteiger partial charge < -0.3 is 14.0 Å². The third-order valence-electron chi connectivity index (χ3n) is 4.35. The lowest BCUT2D eigenvalue weighted by Crippen LogP contribution is -2.41. The van der Waals surface area contributed by atoms with Gasteiger partial charge in [0.05, 0.1) is 18.3 Å². The molecule has 1 aromatic carbocycles. The molecule has 1 aliphatic heterocycles. The monoisotopic (exact) mass is 306 g/mol. The summed E-state index contributed by atoms with van der Waals surface area (Å²) >= 11 is 0. The van der Waals surface area contributed by atoms with Gasteiger partial charge in [0.25, 0.3) is 0 Å². The van der Waals surface area contributed by atoms with Crippen molar-refractivity contribution in [2.45, 2.75) is 72.0 Å². The summed E-state index contributed by atoms with van der Waals surface area (Å²) in [7, 11) is 1.36. The van der Waals surface area contributed by atoms with E-state index in [1.54, 1.807) is 7.11 Å². The van der Waals surface area contributed by atoms with Gasteiger partial charge in [-0.1, -0.05) is 45.2 Å². The van der Waals surface area contributed by atoms with Gasteiger partial charge in [-0.15, -0.1) is 0 Å². The van der Waals surface area contributed by atoms with E-state index in [2.05, 4.69) is 41.5 Å². The largest absolute Gasteiger partial charge is 0.497 e. The number of rotatable bonds is 4. The Hall–Kier alpha value is -0.995. The van der Waals surface area contributed by atoms with Crippen molar-refractivity contribution in [2.75, 3.05) is 7.11 Å². The maximum Gasteiger partial charge on any atom is 0.494 e. The molecule has 0 radical (unpaired) electrons. The highest BCUT2D eigenvalue weighted by atomic mass is 16.7. The van der Waals surface area contributed by atoms with Crippen molar-refractivity contribution < 1.29 is 14.0 Å². The van der Waals surface area contributed by atoms with E-state index in [9.17, 15) is 0 Å². The fourth-order valence-electron chi connectivity index (χ4n) is 2.09. The summed E-state index contributed by atoms with van der Waals surface area (Å²) in [5.74, 6) is 0.838. The highest BCUT2D eigenvalue weighted by Crippen LogP contribution is 2.36. The highest BCUT2D eigenvalue weighted by molar-refractivity contribution is 6.62. The Bertz CT molecular complexity index is 422. The number of hydrogen-bond acceptors (Lipinski definition) is 3. The number of hydrogen-bond donors (Lipinski definition) is 0. The summed E-state index contributed by atoms with van der Waals surface area (Å²) in [5.41, 5.74) is 0.430. The number of benzene rings is 1. The van der Waals surface area contributed by atoms with Crippen molar-refractivity contribution >= 4 is 12.6 Å². The van der Waals surface area contributed by atoms with Crippen LogP contribution in [0.5, 0.6) is 5.75 Å². The minimum Gasteiger partial charge on any atom is -0.497 e. The van der Waals surface area contributed by atoms with Crippen LogP contribution in [0.15, 0.2) is 24.3 Å². The predicted molar refractivity (Wildman–Crippen MR) is 93.9 cm³/mol. The van der Waals surface area contributed by atoms with Gasteiger partial charge in [-0.05, 0) is 45.3 Å². The molecule has 1 heterocycles. The second-order valence-electron chi connectivity index (χ2n) is 6.71. The zero-order chi connectivity index (χ0) is 16.8. The molecule has 124 valence electrons. The Morgan fingerprint density at radius 2 is 1.36 bits per heavy atom. The highest BCUT2D eigenvalue weighted by Gasteiger charge is 2.51. The average molecular weight is 306 g/mol. The van der Waals surface area contributed by atoms with Crippen LogP contribution in [0.3, 0.4) is 0 Å². The normalized spacial score (nSPS) is 18.6. The molecule has 0 amide bonds. The molecule has 22 heavy (non-hydrogen) atoms. The zero-order valence-corrected chi connectivity index (χ0v) is 15.2. The van der Waals surface area contributed by atoms with Gasteiger partial charge in [0, 0.05) is 0 Å². The van der Waals surface area contributed by atoms with Gasteiger partial charge >= 0.3 is 7.12 Å². The summed E-state index contributed by atoms with van der Waals surface area (Å²) in [4.78, 5) is 0. The van der Waals surface area contributed by atoms with Gasteiger partial charge in [0.1, 0.15) is 5.75 Å².